The van der Waals surface area contributed by atoms with Gasteiger partial charge in [-0.15, -0.1) is 0 Å². The maximum Gasteiger partial charge on any atom is 0.303 e. The third kappa shape index (κ3) is 5.33. The van der Waals surface area contributed by atoms with E-state index >= 15 is 0 Å². The largest absolute Gasteiger partial charge is 0.481 e. The van der Waals surface area contributed by atoms with Crippen LogP contribution in [0, 0.1) is 0 Å². The van der Waals surface area contributed by atoms with Gasteiger partial charge in [0.15, 0.2) is 0 Å². The van der Waals surface area contributed by atoms with Gasteiger partial charge in [-0.1, -0.05) is 35.0 Å². The lowest BCUT2D eigenvalue weighted by molar-refractivity contribution is -0.137. The number of carboxylic acids is 1. The third-order valence-corrected chi connectivity index (χ3v) is 3.17. The van der Waals surface area contributed by atoms with Crippen molar-refractivity contribution in [3.05, 3.63) is 34.3 Å². The molecule has 0 aromatic heterocycles. The molecule has 0 saturated carbocycles. The van der Waals surface area contributed by atoms with Gasteiger partial charge in [0, 0.05) is 16.9 Å². The molecule has 0 aliphatic heterocycles. The topological polar surface area (TPSA) is 49.3 Å². The molecule has 0 fully saturated rings. The molecule has 2 N–H and O–H groups in total. The monoisotopic (exact) mass is 299 g/mol. The summed E-state index contributed by atoms with van der Waals surface area (Å²) in [6.07, 6.45) is 1.89. The number of hydrogen-bond acceptors (Lipinski definition) is 2. The Morgan fingerprint density at radius 1 is 1.41 bits per heavy atom. The Bertz CT molecular complexity index is 351. The van der Waals surface area contributed by atoms with Crippen LogP contribution in [0.25, 0.3) is 0 Å². The molecule has 0 radical (unpaired) electrons. The van der Waals surface area contributed by atoms with Gasteiger partial charge in [-0.3, -0.25) is 4.79 Å². The van der Waals surface area contributed by atoms with E-state index in [1.807, 2.05) is 12.1 Å². The number of nitrogens with one attached hydrogen (secondary N) is 1. The zero-order valence-electron chi connectivity index (χ0n) is 9.95. The number of carbonyl (C=O) groups is 1. The van der Waals surface area contributed by atoms with Crippen molar-refractivity contribution in [2.75, 3.05) is 6.54 Å². The summed E-state index contributed by atoms with van der Waals surface area (Å²) in [5.41, 5.74) is 1.24. The van der Waals surface area contributed by atoms with Crippen molar-refractivity contribution in [2.45, 2.75) is 32.2 Å². The quantitative estimate of drug-likeness (QED) is 0.759. The highest BCUT2D eigenvalue weighted by molar-refractivity contribution is 9.10. The SMILES string of the molecule is CCC(NCCCC(=O)O)c1ccc(Br)cc1. The van der Waals surface area contributed by atoms with Crippen LogP contribution >= 0.6 is 15.9 Å². The molecule has 1 rings (SSSR count). The minimum Gasteiger partial charge on any atom is -0.481 e. The summed E-state index contributed by atoms with van der Waals surface area (Å²) in [6.45, 7) is 2.86. The van der Waals surface area contributed by atoms with Gasteiger partial charge in [0.2, 0.25) is 0 Å². The fraction of sp³-hybridized carbons (Fsp3) is 0.462. The van der Waals surface area contributed by atoms with Crippen LogP contribution in [0.15, 0.2) is 28.7 Å². The Labute approximate surface area is 110 Å². The van der Waals surface area contributed by atoms with E-state index in [2.05, 4.69) is 40.3 Å². The van der Waals surface area contributed by atoms with E-state index in [0.29, 0.717) is 12.5 Å². The van der Waals surface area contributed by atoms with Crippen LogP contribution < -0.4 is 5.32 Å². The van der Waals surface area contributed by atoms with Crippen molar-refractivity contribution in [1.82, 2.24) is 5.32 Å². The van der Waals surface area contributed by atoms with E-state index in [-0.39, 0.29) is 6.42 Å². The molecule has 0 aliphatic rings. The summed E-state index contributed by atoms with van der Waals surface area (Å²) in [4.78, 5) is 10.4. The zero-order chi connectivity index (χ0) is 12.7. The van der Waals surface area contributed by atoms with E-state index in [4.69, 9.17) is 5.11 Å². The number of carboxylic acid groups (broad SMARTS) is 1. The van der Waals surface area contributed by atoms with Crippen molar-refractivity contribution in [3.8, 4) is 0 Å². The molecule has 0 bridgehead atoms. The van der Waals surface area contributed by atoms with Crippen LogP contribution in [0.2, 0.25) is 0 Å². The predicted molar refractivity (Wildman–Crippen MR) is 72.0 cm³/mol. The lowest BCUT2D eigenvalue weighted by Gasteiger charge is -2.17. The van der Waals surface area contributed by atoms with Gasteiger partial charge in [0.25, 0.3) is 0 Å². The number of aliphatic carboxylic acids is 1. The van der Waals surface area contributed by atoms with Crippen LogP contribution in [0.3, 0.4) is 0 Å². The van der Waals surface area contributed by atoms with Crippen molar-refractivity contribution in [3.63, 3.8) is 0 Å². The van der Waals surface area contributed by atoms with Gasteiger partial charge < -0.3 is 10.4 Å². The van der Waals surface area contributed by atoms with Gasteiger partial charge in [0.05, 0.1) is 0 Å². The summed E-state index contributed by atoms with van der Waals surface area (Å²) in [7, 11) is 0. The molecule has 0 heterocycles. The first-order valence-electron chi connectivity index (χ1n) is 5.84. The van der Waals surface area contributed by atoms with Crippen LogP contribution in [-0.4, -0.2) is 17.6 Å². The summed E-state index contributed by atoms with van der Waals surface area (Å²) < 4.78 is 1.07. The Hall–Kier alpha value is -0.870. The van der Waals surface area contributed by atoms with Crippen molar-refractivity contribution in [1.29, 1.82) is 0 Å². The van der Waals surface area contributed by atoms with E-state index in [1.54, 1.807) is 0 Å². The normalized spacial score (nSPS) is 12.4. The minimum absolute atomic E-state index is 0.226. The fourth-order valence-electron chi connectivity index (χ4n) is 1.71. The van der Waals surface area contributed by atoms with Crippen molar-refractivity contribution < 1.29 is 9.90 Å². The third-order valence-electron chi connectivity index (χ3n) is 2.64. The summed E-state index contributed by atoms with van der Waals surface area (Å²) in [5, 5.41) is 11.9. The Kier molecular flexibility index (Phi) is 6.22. The Morgan fingerprint density at radius 2 is 2.06 bits per heavy atom. The van der Waals surface area contributed by atoms with Crippen LogP contribution in [0.1, 0.15) is 37.8 Å². The Morgan fingerprint density at radius 3 is 2.59 bits per heavy atom. The first-order chi connectivity index (χ1) is 8.13. The lowest BCUT2D eigenvalue weighted by atomic mass is 10.0. The zero-order valence-corrected chi connectivity index (χ0v) is 11.5. The van der Waals surface area contributed by atoms with E-state index < -0.39 is 5.97 Å². The van der Waals surface area contributed by atoms with E-state index in [0.717, 1.165) is 17.4 Å². The van der Waals surface area contributed by atoms with Gasteiger partial charge in [-0.05, 0) is 37.1 Å². The van der Waals surface area contributed by atoms with Crippen molar-refractivity contribution in [2.24, 2.45) is 0 Å². The highest BCUT2D eigenvalue weighted by atomic mass is 79.9. The van der Waals surface area contributed by atoms with Gasteiger partial charge in [-0.2, -0.15) is 0 Å². The van der Waals surface area contributed by atoms with Gasteiger partial charge in [-0.25, -0.2) is 0 Å². The van der Waals surface area contributed by atoms with Crippen LogP contribution in [-0.2, 0) is 4.79 Å². The Balaban J connectivity index is 2.43. The molecule has 0 aliphatic carbocycles. The second kappa shape index (κ2) is 7.45. The molecule has 1 aromatic carbocycles. The second-order valence-electron chi connectivity index (χ2n) is 3.96. The molecular formula is C13H18BrNO2. The summed E-state index contributed by atoms with van der Waals surface area (Å²) >= 11 is 3.41. The lowest BCUT2D eigenvalue weighted by Crippen LogP contribution is -2.22. The number of halogens is 1. The number of hydrogen-bond donors (Lipinski definition) is 2. The maximum absolute atomic E-state index is 10.4. The first-order valence-corrected chi connectivity index (χ1v) is 6.63. The molecule has 17 heavy (non-hydrogen) atoms. The van der Waals surface area contributed by atoms with Gasteiger partial charge in [0.1, 0.15) is 0 Å². The molecule has 94 valence electrons. The highest BCUT2D eigenvalue weighted by Gasteiger charge is 2.08. The summed E-state index contributed by atoms with van der Waals surface area (Å²) in [5.74, 6) is -0.733. The van der Waals surface area contributed by atoms with Crippen LogP contribution in [0.5, 0.6) is 0 Å². The average Bonchev–Trinajstić information content (AvgIpc) is 2.30. The molecule has 1 unspecified atom stereocenters. The molecule has 3 nitrogen and oxygen atoms in total. The molecule has 0 amide bonds. The second-order valence-corrected chi connectivity index (χ2v) is 4.88. The van der Waals surface area contributed by atoms with E-state index in [9.17, 15) is 4.79 Å². The van der Waals surface area contributed by atoms with Gasteiger partial charge >= 0.3 is 5.97 Å². The molecule has 4 heteroatoms. The van der Waals surface area contributed by atoms with Crippen molar-refractivity contribution >= 4 is 21.9 Å². The first kappa shape index (κ1) is 14.2. The maximum atomic E-state index is 10.4. The molecular weight excluding hydrogens is 282 g/mol. The van der Waals surface area contributed by atoms with Crippen LogP contribution in [0.4, 0.5) is 0 Å². The smallest absolute Gasteiger partial charge is 0.303 e. The van der Waals surface area contributed by atoms with E-state index in [1.165, 1.54) is 5.56 Å². The fourth-order valence-corrected chi connectivity index (χ4v) is 1.97. The molecule has 0 spiro atoms. The molecule has 1 aromatic rings. The predicted octanol–water partition coefficient (Wildman–Crippen LogP) is 3.35. The highest BCUT2D eigenvalue weighted by Crippen LogP contribution is 2.19. The average molecular weight is 300 g/mol. The number of rotatable bonds is 7. The number of benzene rings is 1. The molecule has 0 saturated heterocycles. The minimum atomic E-state index is -0.733. The molecule has 1 atom stereocenters. The summed E-state index contributed by atoms with van der Waals surface area (Å²) in [6, 6.07) is 8.52. The standard InChI is InChI=1S/C13H18BrNO2/c1-2-12(15-9-3-4-13(16)17)10-5-7-11(14)8-6-10/h5-8,12,15H,2-4,9H2,1H3,(H,16,17).